The third-order valence-corrected chi connectivity index (χ3v) is 1.15. The van der Waals surface area contributed by atoms with Crippen molar-refractivity contribution < 1.29 is 19.5 Å². The summed E-state index contributed by atoms with van der Waals surface area (Å²) in [7, 11) is 2.13. The van der Waals surface area contributed by atoms with Crippen LogP contribution in [0.2, 0.25) is 0 Å². The van der Waals surface area contributed by atoms with Crippen LogP contribution in [0.25, 0.3) is 0 Å². The second-order valence-corrected chi connectivity index (χ2v) is 2.16. The molecule has 1 nitrogen and oxygen atoms in total. The predicted octanol–water partition coefficient (Wildman–Crippen LogP) is 2.00. The first-order valence-corrected chi connectivity index (χ1v) is 3.29. The van der Waals surface area contributed by atoms with Crippen molar-refractivity contribution in [3.05, 3.63) is 14.4 Å². The molecule has 2 heteroatoms. The van der Waals surface area contributed by atoms with Crippen molar-refractivity contribution >= 4 is 0 Å². The van der Waals surface area contributed by atoms with E-state index in [1.165, 1.54) is 13.0 Å². The van der Waals surface area contributed by atoms with Crippen LogP contribution in [-0.2, 0) is 19.5 Å². The fourth-order valence-corrected chi connectivity index (χ4v) is 0.763. The van der Waals surface area contributed by atoms with Crippen LogP contribution < -0.4 is 0 Å². The van der Waals surface area contributed by atoms with E-state index < -0.39 is 0 Å². The number of hydrogen-bond donors (Lipinski definition) is 0. The zero-order valence-electron chi connectivity index (χ0n) is 7.69. The van der Waals surface area contributed by atoms with Crippen molar-refractivity contribution in [3.63, 3.8) is 0 Å². The van der Waals surface area contributed by atoms with Crippen molar-refractivity contribution in [1.82, 2.24) is 4.90 Å². The molecule has 0 aliphatic rings. The maximum Gasteiger partial charge on any atom is 2.00 e. The van der Waals surface area contributed by atoms with Crippen LogP contribution in [0.1, 0.15) is 19.8 Å². The monoisotopic (exact) mass is 193 g/mol. The molecule has 0 fully saturated rings. The van der Waals surface area contributed by atoms with Gasteiger partial charge in [-0.3, -0.25) is 0 Å². The van der Waals surface area contributed by atoms with Gasteiger partial charge < -0.3 is 19.3 Å². The molecule has 0 spiro atoms. The van der Waals surface area contributed by atoms with Crippen LogP contribution in [0.3, 0.4) is 0 Å². The summed E-state index contributed by atoms with van der Waals surface area (Å²) >= 11 is 0. The maximum atomic E-state index is 3.77. The molecule has 0 aliphatic heterocycles. The molecule has 0 saturated carbocycles. The molecule has 0 atom stereocenters. The van der Waals surface area contributed by atoms with Crippen LogP contribution >= 0.6 is 0 Å². The quantitative estimate of drug-likeness (QED) is 0.489. The van der Waals surface area contributed by atoms with Gasteiger partial charge in [0.15, 0.2) is 0 Å². The summed E-state index contributed by atoms with van der Waals surface area (Å²) in [6, 6.07) is 0. The summed E-state index contributed by atoms with van der Waals surface area (Å²) in [6.07, 6.45) is 2.27. The van der Waals surface area contributed by atoms with Gasteiger partial charge in [0.2, 0.25) is 0 Å². The Morgan fingerprint density at radius 1 is 1.30 bits per heavy atom. The average Bonchev–Trinajstić information content (AvgIpc) is 1.68. The van der Waals surface area contributed by atoms with Crippen molar-refractivity contribution in [3.8, 4) is 0 Å². The molecule has 0 aromatic heterocycles. The van der Waals surface area contributed by atoms with Crippen LogP contribution in [0.5, 0.6) is 0 Å². The van der Waals surface area contributed by atoms with E-state index in [-0.39, 0.29) is 26.9 Å². The van der Waals surface area contributed by atoms with E-state index in [4.69, 9.17) is 0 Å². The minimum absolute atomic E-state index is 0. The van der Waals surface area contributed by atoms with Crippen molar-refractivity contribution in [2.45, 2.75) is 19.8 Å². The van der Waals surface area contributed by atoms with E-state index in [1.807, 2.05) is 0 Å². The van der Waals surface area contributed by atoms with Gasteiger partial charge in [-0.05, 0) is 26.6 Å². The van der Waals surface area contributed by atoms with Crippen LogP contribution in [0, 0.1) is 14.4 Å². The SMILES string of the molecule is [CH2-]CCN(C)CCC.[CH3-].[Zn+2]. The molecular weight excluding hydrogens is 175 g/mol. The molecule has 10 heavy (non-hydrogen) atoms. The molecule has 0 N–H and O–H groups in total. The summed E-state index contributed by atoms with van der Waals surface area (Å²) in [5.41, 5.74) is 0. The molecule has 0 bridgehead atoms. The van der Waals surface area contributed by atoms with Crippen molar-refractivity contribution in [2.24, 2.45) is 0 Å². The molecule has 0 saturated heterocycles. The molecule has 0 aromatic rings. The minimum atomic E-state index is 0. The summed E-state index contributed by atoms with van der Waals surface area (Å²) in [5.74, 6) is 0. The van der Waals surface area contributed by atoms with Gasteiger partial charge in [0, 0.05) is 0 Å². The van der Waals surface area contributed by atoms with Crippen molar-refractivity contribution in [2.75, 3.05) is 20.1 Å². The van der Waals surface area contributed by atoms with E-state index in [2.05, 4.69) is 25.8 Å². The first kappa shape index (κ1) is 16.9. The second-order valence-electron chi connectivity index (χ2n) is 2.16. The van der Waals surface area contributed by atoms with Gasteiger partial charge in [-0.2, -0.15) is 6.42 Å². The van der Waals surface area contributed by atoms with E-state index in [0.29, 0.717) is 0 Å². The summed E-state index contributed by atoms with van der Waals surface area (Å²) in [5, 5.41) is 0. The first-order chi connectivity index (χ1) is 3.81. The van der Waals surface area contributed by atoms with E-state index in [9.17, 15) is 0 Å². The van der Waals surface area contributed by atoms with Crippen LogP contribution in [-0.4, -0.2) is 25.0 Å². The Balaban J connectivity index is -0.000000245. The fourth-order valence-electron chi connectivity index (χ4n) is 0.763. The van der Waals surface area contributed by atoms with Gasteiger partial charge in [-0.25, -0.2) is 0 Å². The maximum absolute atomic E-state index is 3.77. The number of hydrogen-bond acceptors (Lipinski definition) is 1. The van der Waals surface area contributed by atoms with Gasteiger partial charge in [-0.15, -0.1) is 0 Å². The second kappa shape index (κ2) is 12.3. The van der Waals surface area contributed by atoms with Crippen molar-refractivity contribution in [1.29, 1.82) is 0 Å². The smallest absolute Gasteiger partial charge is 0.358 e. The molecule has 0 unspecified atom stereocenters. The molecule has 0 rings (SSSR count). The Bertz CT molecular complexity index is 42.5. The van der Waals surface area contributed by atoms with E-state index in [1.54, 1.807) is 0 Å². The summed E-state index contributed by atoms with van der Waals surface area (Å²) in [4.78, 5) is 2.30. The molecule has 58 valence electrons. The first-order valence-electron chi connectivity index (χ1n) is 3.29. The van der Waals surface area contributed by atoms with E-state index >= 15 is 0 Å². The topological polar surface area (TPSA) is 3.24 Å². The Morgan fingerprint density at radius 3 is 2.10 bits per heavy atom. The third kappa shape index (κ3) is 11.4. The molecular formula is C8H19NZn. The van der Waals surface area contributed by atoms with Gasteiger partial charge in [-0.1, -0.05) is 6.92 Å². The Morgan fingerprint density at radius 2 is 1.80 bits per heavy atom. The molecule has 0 radical (unpaired) electrons. The Kier molecular flexibility index (Phi) is 20.8. The molecule has 0 aliphatic carbocycles. The van der Waals surface area contributed by atoms with Gasteiger partial charge in [0.05, 0.1) is 0 Å². The normalized spacial score (nSPS) is 8.40. The molecule has 0 amide bonds. The van der Waals surface area contributed by atoms with E-state index in [0.717, 1.165) is 13.0 Å². The van der Waals surface area contributed by atoms with Crippen LogP contribution in [0.15, 0.2) is 0 Å². The summed E-state index contributed by atoms with van der Waals surface area (Å²) < 4.78 is 0. The largest absolute Gasteiger partial charge is 2.00 e. The molecule has 0 heterocycles. The Hall–Kier alpha value is 0.583. The average molecular weight is 195 g/mol. The molecule has 0 aromatic carbocycles. The number of rotatable bonds is 4. The minimum Gasteiger partial charge on any atom is -0.358 e. The van der Waals surface area contributed by atoms with Gasteiger partial charge in [0.1, 0.15) is 0 Å². The third-order valence-electron chi connectivity index (χ3n) is 1.15. The van der Waals surface area contributed by atoms with Gasteiger partial charge in [0.25, 0.3) is 0 Å². The van der Waals surface area contributed by atoms with Gasteiger partial charge >= 0.3 is 19.5 Å². The zero-order valence-corrected chi connectivity index (χ0v) is 10.7. The Labute approximate surface area is 78.9 Å². The van der Waals surface area contributed by atoms with Crippen LogP contribution in [0.4, 0.5) is 0 Å². The predicted molar refractivity (Wildman–Crippen MR) is 44.2 cm³/mol. The standard InChI is InChI=1S/C7H16N.CH3.Zn/c1-4-6-8(3)7-5-2;;/h1,4-7H2,2-3H3;1H3;/q2*-1;+2. The number of nitrogens with zero attached hydrogens (tertiary/aromatic N) is 1. The summed E-state index contributed by atoms with van der Waals surface area (Å²) in [6.45, 7) is 8.30. The fraction of sp³-hybridized carbons (Fsp3) is 0.750. The zero-order chi connectivity index (χ0) is 6.41.